The van der Waals surface area contributed by atoms with Gasteiger partial charge in [-0.1, -0.05) is 18.2 Å². The molecule has 3 rings (SSSR count). The smallest absolute Gasteiger partial charge is 0.233 e. The first kappa shape index (κ1) is 14.4. The molecule has 0 aliphatic carbocycles. The number of benzene rings is 1. The molecule has 0 aliphatic heterocycles. The quantitative estimate of drug-likeness (QED) is 0.734. The molecule has 1 N–H and O–H groups in total. The number of nitrogens with zero attached hydrogens (tertiary/aromatic N) is 3. The van der Waals surface area contributed by atoms with Crippen LogP contribution >= 0.6 is 0 Å². The van der Waals surface area contributed by atoms with Crippen LogP contribution in [0.3, 0.4) is 0 Å². The molecule has 0 atom stereocenters. The van der Waals surface area contributed by atoms with Crippen molar-refractivity contribution in [1.29, 1.82) is 0 Å². The van der Waals surface area contributed by atoms with Crippen LogP contribution in [0.15, 0.2) is 43.0 Å². The largest absolute Gasteiger partial charge is 0.306 e. The monoisotopic (exact) mass is 294 g/mol. The van der Waals surface area contributed by atoms with Gasteiger partial charge in [0.2, 0.25) is 5.78 Å². The van der Waals surface area contributed by atoms with E-state index in [2.05, 4.69) is 47.3 Å². The van der Waals surface area contributed by atoms with Crippen LogP contribution in [0.1, 0.15) is 27.0 Å². The third-order valence-corrected chi connectivity index (χ3v) is 3.75. The molecule has 2 aromatic heterocycles. The van der Waals surface area contributed by atoms with Crippen molar-refractivity contribution < 1.29 is 4.79 Å². The summed E-state index contributed by atoms with van der Waals surface area (Å²) >= 11 is 0. The number of carbonyl (C=O) groups excluding carboxylic acids is 1. The minimum atomic E-state index is 0.0203. The van der Waals surface area contributed by atoms with Crippen molar-refractivity contribution in [3.8, 4) is 0 Å². The highest BCUT2D eigenvalue weighted by Gasteiger charge is 2.07. The van der Waals surface area contributed by atoms with Crippen LogP contribution in [0, 0.1) is 13.8 Å². The van der Waals surface area contributed by atoms with Gasteiger partial charge >= 0.3 is 0 Å². The molecule has 0 bridgehead atoms. The van der Waals surface area contributed by atoms with E-state index in [-0.39, 0.29) is 12.3 Å². The molecule has 112 valence electrons. The van der Waals surface area contributed by atoms with Crippen molar-refractivity contribution in [1.82, 2.24) is 19.7 Å². The van der Waals surface area contributed by atoms with E-state index in [4.69, 9.17) is 0 Å². The van der Waals surface area contributed by atoms with Gasteiger partial charge in [0.1, 0.15) is 0 Å². The van der Waals surface area contributed by atoms with E-state index in [9.17, 15) is 4.79 Å². The van der Waals surface area contributed by atoms with Gasteiger partial charge in [0.25, 0.3) is 0 Å². The second-order valence-electron chi connectivity index (χ2n) is 5.42. The van der Waals surface area contributed by atoms with Crippen molar-refractivity contribution in [2.24, 2.45) is 0 Å². The van der Waals surface area contributed by atoms with Crippen LogP contribution in [-0.2, 0) is 6.54 Å². The molecule has 1 aromatic carbocycles. The third-order valence-electron chi connectivity index (χ3n) is 3.75. The Morgan fingerprint density at radius 2 is 2.09 bits per heavy atom. The SMILES string of the molecule is Cc1ccc(CNCC(=O)c2cnc3nccn3c2)cc1C. The lowest BCUT2D eigenvalue weighted by molar-refractivity contribution is 0.0990. The molecule has 0 spiro atoms. The van der Waals surface area contributed by atoms with Gasteiger partial charge in [-0.3, -0.25) is 9.20 Å². The number of imidazole rings is 1. The van der Waals surface area contributed by atoms with E-state index in [0.29, 0.717) is 17.9 Å². The first-order valence-electron chi connectivity index (χ1n) is 7.22. The number of carbonyl (C=O) groups is 1. The van der Waals surface area contributed by atoms with Gasteiger partial charge in [0.15, 0.2) is 5.78 Å². The predicted molar refractivity (Wildman–Crippen MR) is 84.9 cm³/mol. The first-order valence-corrected chi connectivity index (χ1v) is 7.22. The lowest BCUT2D eigenvalue weighted by Gasteiger charge is -2.07. The van der Waals surface area contributed by atoms with E-state index in [0.717, 1.165) is 0 Å². The van der Waals surface area contributed by atoms with E-state index in [1.807, 2.05) is 0 Å². The standard InChI is InChI=1S/C17H18N4O/c1-12-3-4-14(7-13(12)2)8-18-10-16(22)15-9-20-17-19-5-6-21(17)11-15/h3-7,9,11,18H,8,10H2,1-2H3. The fourth-order valence-corrected chi connectivity index (χ4v) is 2.30. The minimum absolute atomic E-state index is 0.0203. The molecule has 5 heteroatoms. The lowest BCUT2D eigenvalue weighted by atomic mass is 10.1. The maximum Gasteiger partial charge on any atom is 0.233 e. The van der Waals surface area contributed by atoms with E-state index in [1.165, 1.54) is 16.7 Å². The van der Waals surface area contributed by atoms with E-state index >= 15 is 0 Å². The summed E-state index contributed by atoms with van der Waals surface area (Å²) in [5.74, 6) is 0.617. The zero-order valence-corrected chi connectivity index (χ0v) is 12.7. The van der Waals surface area contributed by atoms with Gasteiger partial charge in [-0.2, -0.15) is 0 Å². The van der Waals surface area contributed by atoms with Crippen molar-refractivity contribution in [2.45, 2.75) is 20.4 Å². The molecule has 2 heterocycles. The molecule has 3 aromatic rings. The van der Waals surface area contributed by atoms with Crippen molar-refractivity contribution in [3.05, 3.63) is 65.2 Å². The van der Waals surface area contributed by atoms with Gasteiger partial charge in [-0.15, -0.1) is 0 Å². The normalized spacial score (nSPS) is 11.0. The Bertz CT molecular complexity index is 822. The number of nitrogens with one attached hydrogen (secondary N) is 1. The minimum Gasteiger partial charge on any atom is -0.306 e. The highest BCUT2D eigenvalue weighted by molar-refractivity contribution is 5.97. The van der Waals surface area contributed by atoms with Gasteiger partial charge in [-0.25, -0.2) is 9.97 Å². The summed E-state index contributed by atoms with van der Waals surface area (Å²) in [4.78, 5) is 20.4. The first-order chi connectivity index (χ1) is 10.6. The zero-order valence-electron chi connectivity index (χ0n) is 12.7. The fraction of sp³-hybridized carbons (Fsp3) is 0.235. The average molecular weight is 294 g/mol. The van der Waals surface area contributed by atoms with E-state index < -0.39 is 0 Å². The van der Waals surface area contributed by atoms with Crippen molar-refractivity contribution in [3.63, 3.8) is 0 Å². The number of fused-ring (bicyclic) bond motifs is 1. The Labute approximate surface area is 129 Å². The number of ketones is 1. The zero-order chi connectivity index (χ0) is 15.5. The number of rotatable bonds is 5. The maximum absolute atomic E-state index is 12.2. The summed E-state index contributed by atoms with van der Waals surface area (Å²) in [6, 6.07) is 6.33. The number of hydrogen-bond acceptors (Lipinski definition) is 4. The summed E-state index contributed by atoms with van der Waals surface area (Å²) < 4.78 is 1.75. The summed E-state index contributed by atoms with van der Waals surface area (Å²) in [6.45, 7) is 5.15. The Balaban J connectivity index is 1.60. The Morgan fingerprint density at radius 3 is 2.91 bits per heavy atom. The molecule has 0 saturated carbocycles. The summed E-state index contributed by atoms with van der Waals surface area (Å²) in [5.41, 5.74) is 4.30. The maximum atomic E-state index is 12.2. The lowest BCUT2D eigenvalue weighted by Crippen LogP contribution is -2.23. The summed E-state index contributed by atoms with van der Waals surface area (Å²) in [7, 11) is 0. The van der Waals surface area contributed by atoms with Crippen LogP contribution in [0.25, 0.3) is 5.78 Å². The predicted octanol–water partition coefficient (Wildman–Crippen LogP) is 2.32. The van der Waals surface area contributed by atoms with Crippen LogP contribution < -0.4 is 5.32 Å². The average Bonchev–Trinajstić information content (AvgIpc) is 2.98. The van der Waals surface area contributed by atoms with Crippen LogP contribution in [0.4, 0.5) is 0 Å². The van der Waals surface area contributed by atoms with Crippen LogP contribution in [-0.4, -0.2) is 26.7 Å². The molecule has 0 aliphatic rings. The molecule has 5 nitrogen and oxygen atoms in total. The highest BCUT2D eigenvalue weighted by atomic mass is 16.1. The topological polar surface area (TPSA) is 59.3 Å². The highest BCUT2D eigenvalue weighted by Crippen LogP contribution is 2.09. The molecular formula is C17H18N4O. The summed E-state index contributed by atoms with van der Waals surface area (Å²) in [6.07, 6.45) is 6.77. The molecule has 0 amide bonds. The molecular weight excluding hydrogens is 276 g/mol. The van der Waals surface area contributed by atoms with E-state index in [1.54, 1.807) is 29.2 Å². The second-order valence-corrected chi connectivity index (χ2v) is 5.42. The Kier molecular flexibility index (Phi) is 3.98. The van der Waals surface area contributed by atoms with Gasteiger partial charge in [0, 0.05) is 31.3 Å². The molecule has 0 fully saturated rings. The molecule has 22 heavy (non-hydrogen) atoms. The van der Waals surface area contributed by atoms with Gasteiger partial charge in [0.05, 0.1) is 12.1 Å². The number of aromatic nitrogens is 3. The van der Waals surface area contributed by atoms with Crippen molar-refractivity contribution >= 4 is 11.6 Å². The number of hydrogen-bond donors (Lipinski definition) is 1. The molecule has 0 unspecified atom stereocenters. The Morgan fingerprint density at radius 1 is 1.23 bits per heavy atom. The number of aryl methyl sites for hydroxylation is 2. The molecule has 0 radical (unpaired) electrons. The van der Waals surface area contributed by atoms with Crippen LogP contribution in [0.2, 0.25) is 0 Å². The van der Waals surface area contributed by atoms with Crippen LogP contribution in [0.5, 0.6) is 0 Å². The Hall–Kier alpha value is -2.53. The van der Waals surface area contributed by atoms with Gasteiger partial charge in [-0.05, 0) is 30.5 Å². The number of Topliss-reactive ketones (excluding diaryl/α,β-unsaturated/α-hetero) is 1. The summed E-state index contributed by atoms with van der Waals surface area (Å²) in [5, 5.41) is 3.19. The molecule has 0 saturated heterocycles. The second kappa shape index (κ2) is 6.07. The third kappa shape index (κ3) is 3.04. The van der Waals surface area contributed by atoms with Crippen molar-refractivity contribution in [2.75, 3.05) is 6.54 Å². The fourth-order valence-electron chi connectivity index (χ4n) is 2.30. The van der Waals surface area contributed by atoms with Gasteiger partial charge < -0.3 is 5.32 Å².